The van der Waals surface area contributed by atoms with Gasteiger partial charge >= 0.3 is 0 Å². The maximum atomic E-state index is 5.46. The summed E-state index contributed by atoms with van der Waals surface area (Å²) >= 11 is 0. The van der Waals surface area contributed by atoms with Crippen molar-refractivity contribution in [2.24, 2.45) is 0 Å². The lowest BCUT2D eigenvalue weighted by molar-refractivity contribution is 1.02. The maximum absolute atomic E-state index is 5.46. The molecule has 0 N–H and O–H groups in total. The Bertz CT molecular complexity index is 3370. The van der Waals surface area contributed by atoms with Gasteiger partial charge in [-0.3, -0.25) is 4.57 Å². The Kier molecular flexibility index (Phi) is 4.94. The van der Waals surface area contributed by atoms with Crippen LogP contribution in [0.4, 0.5) is 0 Å². The van der Waals surface area contributed by atoms with E-state index < -0.39 is 0 Å². The molecule has 0 aliphatic rings. The van der Waals surface area contributed by atoms with Gasteiger partial charge in [-0.2, -0.15) is 0 Å². The highest BCUT2D eigenvalue weighted by atomic mass is 15.2. The number of fused-ring (bicyclic) bond motifs is 15. The average molecular weight is 635 g/mol. The van der Waals surface area contributed by atoms with Gasteiger partial charge in [0.15, 0.2) is 0 Å². The van der Waals surface area contributed by atoms with Gasteiger partial charge in [0.05, 0.1) is 38.8 Å². The highest BCUT2D eigenvalue weighted by Gasteiger charge is 2.25. The molecule has 4 aromatic heterocycles. The first-order valence-corrected chi connectivity index (χ1v) is 17.1. The smallest absolute Gasteiger partial charge is 0.235 e. The van der Waals surface area contributed by atoms with E-state index >= 15 is 0 Å². The summed E-state index contributed by atoms with van der Waals surface area (Å²) in [6.45, 7) is 0. The van der Waals surface area contributed by atoms with Gasteiger partial charge in [-0.15, -0.1) is 0 Å². The SMILES string of the molecule is c1ccc(-c2nc(-n3c4ccc5ccccc5c4c4c5c6cccc7c8ccccc8n(c5ccc43)c76)nc3c2ccc2ccccc23)cc1. The molecular weight excluding hydrogens is 609 g/mol. The minimum Gasteiger partial charge on any atom is -0.308 e. The Labute approximate surface area is 285 Å². The van der Waals surface area contributed by atoms with Crippen LogP contribution in [-0.4, -0.2) is 18.9 Å². The fraction of sp³-hybridized carbons (Fsp3) is 0. The van der Waals surface area contributed by atoms with E-state index in [0.717, 1.165) is 44.0 Å². The highest BCUT2D eigenvalue weighted by Crippen LogP contribution is 2.46. The summed E-state index contributed by atoms with van der Waals surface area (Å²) in [5, 5.41) is 13.3. The van der Waals surface area contributed by atoms with Crippen LogP contribution in [0.15, 0.2) is 158 Å². The van der Waals surface area contributed by atoms with E-state index in [1.165, 1.54) is 59.6 Å². The largest absolute Gasteiger partial charge is 0.308 e. The lowest BCUT2D eigenvalue weighted by Gasteiger charge is -2.13. The number of nitrogens with zero attached hydrogens (tertiary/aromatic N) is 4. The summed E-state index contributed by atoms with van der Waals surface area (Å²) in [4.78, 5) is 10.9. The van der Waals surface area contributed by atoms with Crippen molar-refractivity contribution in [3.8, 4) is 17.2 Å². The summed E-state index contributed by atoms with van der Waals surface area (Å²) in [6.07, 6.45) is 0. The Balaban J connectivity index is 1.32. The lowest BCUT2D eigenvalue weighted by Crippen LogP contribution is -2.03. The molecule has 12 aromatic rings. The second-order valence-electron chi connectivity index (χ2n) is 13.3. The van der Waals surface area contributed by atoms with E-state index in [1.54, 1.807) is 0 Å². The molecule has 0 fully saturated rings. The standard InChI is InChI=1S/C46H26N4/c1-2-13-29(14-3-1)43-35-23-21-28-12-5-7-16-31(28)44(35)48-46(47-43)50-38-24-22-27-11-4-6-15-30(27)40(38)42-39(50)26-25-37-41(42)34-19-10-18-33-32-17-8-9-20-36(32)49(37)45(33)34/h1-26H. The highest BCUT2D eigenvalue weighted by molar-refractivity contribution is 6.35. The molecule has 0 aliphatic heterocycles. The predicted octanol–water partition coefficient (Wildman–Crippen LogP) is 11.9. The molecule has 4 heteroatoms. The fourth-order valence-electron chi connectivity index (χ4n) is 8.77. The van der Waals surface area contributed by atoms with Gasteiger partial charge in [-0.05, 0) is 46.5 Å². The molecular formula is C46H26N4. The summed E-state index contributed by atoms with van der Waals surface area (Å²) in [5.41, 5.74) is 8.88. The minimum absolute atomic E-state index is 0.671. The molecule has 8 aromatic carbocycles. The molecule has 230 valence electrons. The van der Waals surface area contributed by atoms with Gasteiger partial charge in [0.1, 0.15) is 0 Å². The van der Waals surface area contributed by atoms with Crippen LogP contribution in [0.1, 0.15) is 0 Å². The molecule has 4 nitrogen and oxygen atoms in total. The normalized spacial score (nSPS) is 12.4. The van der Waals surface area contributed by atoms with E-state index in [9.17, 15) is 0 Å². The Morgan fingerprint density at radius 2 is 0.980 bits per heavy atom. The first-order valence-electron chi connectivity index (χ1n) is 17.1. The number of hydrogen-bond acceptors (Lipinski definition) is 2. The average Bonchev–Trinajstić information content (AvgIpc) is 3.83. The van der Waals surface area contributed by atoms with E-state index in [1.807, 2.05) is 0 Å². The molecule has 4 heterocycles. The first kappa shape index (κ1) is 26.2. The van der Waals surface area contributed by atoms with Crippen molar-refractivity contribution >= 4 is 92.3 Å². The van der Waals surface area contributed by atoms with Crippen LogP contribution >= 0.6 is 0 Å². The number of hydrogen-bond donors (Lipinski definition) is 0. The molecule has 0 bridgehead atoms. The zero-order chi connectivity index (χ0) is 32.5. The van der Waals surface area contributed by atoms with Crippen LogP contribution in [0.2, 0.25) is 0 Å². The van der Waals surface area contributed by atoms with E-state index in [4.69, 9.17) is 9.97 Å². The van der Waals surface area contributed by atoms with Gasteiger partial charge in [0.25, 0.3) is 0 Å². The number of benzene rings is 8. The number of para-hydroxylation sites is 2. The fourth-order valence-corrected chi connectivity index (χ4v) is 8.77. The van der Waals surface area contributed by atoms with Gasteiger partial charge < -0.3 is 4.40 Å². The van der Waals surface area contributed by atoms with E-state index in [2.05, 4.69) is 167 Å². The van der Waals surface area contributed by atoms with Crippen LogP contribution in [0, 0.1) is 0 Å². The Morgan fingerprint density at radius 1 is 0.360 bits per heavy atom. The quantitative estimate of drug-likeness (QED) is 0.177. The molecule has 0 saturated heterocycles. The van der Waals surface area contributed by atoms with E-state index in [0.29, 0.717) is 5.95 Å². The van der Waals surface area contributed by atoms with Crippen molar-refractivity contribution in [3.63, 3.8) is 0 Å². The molecule has 0 amide bonds. The third-order valence-electron chi connectivity index (χ3n) is 10.8. The Morgan fingerprint density at radius 3 is 1.86 bits per heavy atom. The molecule has 12 rings (SSSR count). The number of rotatable bonds is 2. The second kappa shape index (κ2) is 9.43. The Hall–Kier alpha value is -6.78. The van der Waals surface area contributed by atoms with Crippen molar-refractivity contribution in [2.75, 3.05) is 0 Å². The predicted molar refractivity (Wildman–Crippen MR) is 209 cm³/mol. The van der Waals surface area contributed by atoms with Gasteiger partial charge in [-0.1, -0.05) is 127 Å². The number of aromatic nitrogens is 4. The summed E-state index contributed by atoms with van der Waals surface area (Å²) in [5.74, 6) is 0.671. The van der Waals surface area contributed by atoms with Crippen molar-refractivity contribution in [1.29, 1.82) is 0 Å². The van der Waals surface area contributed by atoms with Crippen molar-refractivity contribution < 1.29 is 0 Å². The van der Waals surface area contributed by atoms with Crippen LogP contribution in [0.3, 0.4) is 0 Å². The zero-order valence-electron chi connectivity index (χ0n) is 26.8. The molecule has 0 aliphatic carbocycles. The van der Waals surface area contributed by atoms with Crippen molar-refractivity contribution in [2.45, 2.75) is 0 Å². The van der Waals surface area contributed by atoms with Crippen molar-refractivity contribution in [3.05, 3.63) is 158 Å². The maximum Gasteiger partial charge on any atom is 0.235 e. The first-order chi connectivity index (χ1) is 24.8. The lowest BCUT2D eigenvalue weighted by atomic mass is 10.00. The van der Waals surface area contributed by atoms with Crippen LogP contribution in [0.25, 0.3) is 110 Å². The van der Waals surface area contributed by atoms with E-state index in [-0.39, 0.29) is 0 Å². The molecule has 0 atom stereocenters. The molecule has 50 heavy (non-hydrogen) atoms. The third kappa shape index (κ3) is 3.25. The minimum atomic E-state index is 0.671. The topological polar surface area (TPSA) is 35.1 Å². The van der Waals surface area contributed by atoms with Crippen LogP contribution in [0.5, 0.6) is 0 Å². The second-order valence-corrected chi connectivity index (χ2v) is 13.3. The summed E-state index contributed by atoms with van der Waals surface area (Å²) in [6, 6.07) is 56.8. The molecule has 0 unspecified atom stereocenters. The summed E-state index contributed by atoms with van der Waals surface area (Å²) in [7, 11) is 0. The van der Waals surface area contributed by atoms with Crippen molar-refractivity contribution in [1.82, 2.24) is 18.9 Å². The molecule has 0 saturated carbocycles. The zero-order valence-corrected chi connectivity index (χ0v) is 26.8. The van der Waals surface area contributed by atoms with Crippen LogP contribution < -0.4 is 0 Å². The van der Waals surface area contributed by atoms with Gasteiger partial charge in [-0.25, -0.2) is 9.97 Å². The molecule has 0 radical (unpaired) electrons. The summed E-state index contributed by atoms with van der Waals surface area (Å²) < 4.78 is 4.77. The molecule has 0 spiro atoms. The third-order valence-corrected chi connectivity index (χ3v) is 10.8. The van der Waals surface area contributed by atoms with Gasteiger partial charge in [0, 0.05) is 48.7 Å². The monoisotopic (exact) mass is 634 g/mol. The van der Waals surface area contributed by atoms with Crippen LogP contribution in [-0.2, 0) is 0 Å². The van der Waals surface area contributed by atoms with Gasteiger partial charge in [0.2, 0.25) is 5.95 Å².